The van der Waals surface area contributed by atoms with Crippen molar-refractivity contribution in [1.29, 1.82) is 0 Å². The predicted octanol–water partition coefficient (Wildman–Crippen LogP) is 2.69. The third-order valence-electron chi connectivity index (χ3n) is 2.44. The fraction of sp³-hybridized carbons (Fsp3) is 0.455. The van der Waals surface area contributed by atoms with Crippen LogP contribution >= 0.6 is 0 Å². The Balaban J connectivity index is 2.32. The molecule has 0 radical (unpaired) electrons. The van der Waals surface area contributed by atoms with Gasteiger partial charge in [-0.25, -0.2) is 0 Å². The molecule has 13 heavy (non-hydrogen) atoms. The molecule has 1 aromatic carbocycles. The molecule has 70 valence electrons. The quantitative estimate of drug-likeness (QED) is 0.635. The van der Waals surface area contributed by atoms with E-state index in [-0.39, 0.29) is 0 Å². The second-order valence-corrected chi connectivity index (χ2v) is 3.87. The van der Waals surface area contributed by atoms with Crippen LogP contribution in [-0.4, -0.2) is 12.1 Å². The second-order valence-electron chi connectivity index (χ2n) is 3.87. The van der Waals surface area contributed by atoms with Gasteiger partial charge in [0.1, 0.15) is 0 Å². The van der Waals surface area contributed by atoms with E-state index in [4.69, 9.17) is 0 Å². The van der Waals surface area contributed by atoms with Crippen molar-refractivity contribution in [3.63, 3.8) is 0 Å². The zero-order valence-electron chi connectivity index (χ0n) is 8.17. The Kier molecular flexibility index (Phi) is 2.13. The van der Waals surface area contributed by atoms with E-state index < -0.39 is 0 Å². The summed E-state index contributed by atoms with van der Waals surface area (Å²) in [6.07, 6.45) is 1.16. The maximum absolute atomic E-state index is 3.49. The van der Waals surface area contributed by atoms with Gasteiger partial charge >= 0.3 is 0 Å². The third kappa shape index (κ3) is 1.77. The number of hydrogen-bond donors (Lipinski definition) is 2. The minimum Gasteiger partial charge on any atom is -0.381 e. The van der Waals surface area contributed by atoms with Crippen LogP contribution in [0, 0.1) is 0 Å². The molecule has 0 saturated carbocycles. The summed E-state index contributed by atoms with van der Waals surface area (Å²) < 4.78 is 0. The van der Waals surface area contributed by atoms with Crippen molar-refractivity contribution < 1.29 is 0 Å². The maximum Gasteiger partial charge on any atom is 0.0578 e. The fourth-order valence-electron chi connectivity index (χ4n) is 1.91. The molecule has 0 amide bonds. The topological polar surface area (TPSA) is 24.1 Å². The molecular weight excluding hydrogens is 160 g/mol. The van der Waals surface area contributed by atoms with Gasteiger partial charge in [-0.05, 0) is 32.4 Å². The lowest BCUT2D eigenvalue weighted by atomic mass is 10.1. The molecule has 1 heterocycles. The molecule has 2 heteroatoms. The molecule has 0 aromatic heterocycles. The first kappa shape index (κ1) is 8.42. The Labute approximate surface area is 79.4 Å². The van der Waals surface area contributed by atoms with Gasteiger partial charge in [0.25, 0.3) is 0 Å². The molecule has 2 N–H and O–H groups in total. The van der Waals surface area contributed by atoms with Crippen molar-refractivity contribution in [2.75, 3.05) is 10.6 Å². The van der Waals surface area contributed by atoms with Gasteiger partial charge in [-0.3, -0.25) is 0 Å². The summed E-state index contributed by atoms with van der Waals surface area (Å²) in [6.45, 7) is 4.44. The summed E-state index contributed by atoms with van der Waals surface area (Å²) in [4.78, 5) is 0. The molecule has 1 aromatic rings. The highest BCUT2D eigenvalue weighted by Gasteiger charge is 2.15. The lowest BCUT2D eigenvalue weighted by Crippen LogP contribution is -2.21. The number of benzene rings is 1. The second kappa shape index (κ2) is 3.29. The standard InChI is InChI=1S/C11H16N2/c1-8-7-9(2)13-11-6-4-3-5-10(11)12-8/h3-6,8-9,12-13H,7H2,1-2H3/t8-,9+. The van der Waals surface area contributed by atoms with Crippen LogP contribution in [0.5, 0.6) is 0 Å². The first-order valence-electron chi connectivity index (χ1n) is 4.88. The van der Waals surface area contributed by atoms with Crippen LogP contribution in [-0.2, 0) is 0 Å². The maximum atomic E-state index is 3.49. The van der Waals surface area contributed by atoms with Gasteiger partial charge in [0.05, 0.1) is 11.4 Å². The largest absolute Gasteiger partial charge is 0.381 e. The van der Waals surface area contributed by atoms with Crippen LogP contribution in [0.2, 0.25) is 0 Å². The SMILES string of the molecule is C[C@@H]1C[C@H](C)Nc2ccccc2N1. The molecule has 1 aliphatic heterocycles. The highest BCUT2D eigenvalue weighted by molar-refractivity contribution is 5.69. The third-order valence-corrected chi connectivity index (χ3v) is 2.44. The minimum absolute atomic E-state index is 0.547. The molecule has 2 rings (SSSR count). The van der Waals surface area contributed by atoms with Crippen LogP contribution in [0.25, 0.3) is 0 Å². The van der Waals surface area contributed by atoms with Crippen LogP contribution in [0.3, 0.4) is 0 Å². The van der Waals surface area contributed by atoms with Gasteiger partial charge in [-0.2, -0.15) is 0 Å². The average molecular weight is 176 g/mol. The molecule has 0 bridgehead atoms. The molecule has 0 saturated heterocycles. The highest BCUT2D eigenvalue weighted by atomic mass is 15.0. The minimum atomic E-state index is 0.547. The summed E-state index contributed by atoms with van der Waals surface area (Å²) >= 11 is 0. The number of nitrogens with one attached hydrogen (secondary N) is 2. The van der Waals surface area contributed by atoms with E-state index in [1.165, 1.54) is 11.4 Å². The fourth-order valence-corrected chi connectivity index (χ4v) is 1.91. The Morgan fingerprint density at radius 3 is 1.92 bits per heavy atom. The van der Waals surface area contributed by atoms with Crippen molar-refractivity contribution in [2.45, 2.75) is 32.4 Å². The van der Waals surface area contributed by atoms with E-state index in [9.17, 15) is 0 Å². The van der Waals surface area contributed by atoms with E-state index in [0.717, 1.165) is 6.42 Å². The summed E-state index contributed by atoms with van der Waals surface area (Å²) in [6, 6.07) is 9.47. The van der Waals surface area contributed by atoms with Crippen LogP contribution in [0.4, 0.5) is 11.4 Å². The number of rotatable bonds is 0. The molecule has 0 spiro atoms. The lowest BCUT2D eigenvalue weighted by molar-refractivity contribution is 0.644. The summed E-state index contributed by atoms with van der Waals surface area (Å²) in [7, 11) is 0. The highest BCUT2D eigenvalue weighted by Crippen LogP contribution is 2.26. The monoisotopic (exact) mass is 176 g/mol. The smallest absolute Gasteiger partial charge is 0.0578 e. The molecule has 0 unspecified atom stereocenters. The number of hydrogen-bond acceptors (Lipinski definition) is 2. The van der Waals surface area contributed by atoms with Gasteiger partial charge in [0, 0.05) is 12.1 Å². The Bertz CT molecular complexity index is 267. The van der Waals surface area contributed by atoms with Gasteiger partial charge in [0.2, 0.25) is 0 Å². The average Bonchev–Trinajstić information content (AvgIpc) is 2.20. The van der Waals surface area contributed by atoms with Crippen molar-refractivity contribution in [2.24, 2.45) is 0 Å². The van der Waals surface area contributed by atoms with Gasteiger partial charge in [0.15, 0.2) is 0 Å². The van der Waals surface area contributed by atoms with Crippen molar-refractivity contribution >= 4 is 11.4 Å². The Hall–Kier alpha value is -1.18. The number of fused-ring (bicyclic) bond motifs is 1. The van der Waals surface area contributed by atoms with Crippen molar-refractivity contribution in [1.82, 2.24) is 0 Å². The van der Waals surface area contributed by atoms with E-state index in [2.05, 4.69) is 48.7 Å². The van der Waals surface area contributed by atoms with Crippen LogP contribution < -0.4 is 10.6 Å². The molecule has 0 aliphatic carbocycles. The van der Waals surface area contributed by atoms with E-state index >= 15 is 0 Å². The van der Waals surface area contributed by atoms with Gasteiger partial charge < -0.3 is 10.6 Å². The van der Waals surface area contributed by atoms with E-state index in [0.29, 0.717) is 12.1 Å². The molecule has 2 nitrogen and oxygen atoms in total. The molecule has 1 aliphatic rings. The zero-order valence-corrected chi connectivity index (χ0v) is 8.17. The summed E-state index contributed by atoms with van der Waals surface area (Å²) in [5.74, 6) is 0. The first-order valence-corrected chi connectivity index (χ1v) is 4.88. The van der Waals surface area contributed by atoms with Crippen LogP contribution in [0.15, 0.2) is 24.3 Å². The lowest BCUT2D eigenvalue weighted by Gasteiger charge is -2.13. The van der Waals surface area contributed by atoms with E-state index in [1.807, 2.05) is 0 Å². The first-order chi connectivity index (χ1) is 6.25. The summed E-state index contributed by atoms with van der Waals surface area (Å²) in [5.41, 5.74) is 2.44. The Morgan fingerprint density at radius 1 is 1.00 bits per heavy atom. The number of anilines is 2. The molecular formula is C11H16N2. The van der Waals surface area contributed by atoms with E-state index in [1.54, 1.807) is 0 Å². The Morgan fingerprint density at radius 2 is 1.46 bits per heavy atom. The van der Waals surface area contributed by atoms with Crippen molar-refractivity contribution in [3.05, 3.63) is 24.3 Å². The normalized spacial score (nSPS) is 26.6. The zero-order chi connectivity index (χ0) is 9.26. The molecule has 2 atom stereocenters. The molecule has 0 fully saturated rings. The predicted molar refractivity (Wildman–Crippen MR) is 57.2 cm³/mol. The number of para-hydroxylation sites is 2. The van der Waals surface area contributed by atoms with Gasteiger partial charge in [-0.1, -0.05) is 12.1 Å². The van der Waals surface area contributed by atoms with Crippen molar-refractivity contribution in [3.8, 4) is 0 Å². The summed E-state index contributed by atoms with van der Waals surface area (Å²) in [5, 5.41) is 6.98. The van der Waals surface area contributed by atoms with Crippen LogP contribution in [0.1, 0.15) is 20.3 Å². The van der Waals surface area contributed by atoms with Gasteiger partial charge in [-0.15, -0.1) is 0 Å².